The molecule has 1 atom stereocenters. The average Bonchev–Trinajstić information content (AvgIpc) is 2.77. The molecule has 0 spiro atoms. The zero-order valence-electron chi connectivity index (χ0n) is 10.1. The lowest BCUT2D eigenvalue weighted by atomic mass is 10.3. The number of carbonyl (C=O) groups is 1. The molecule has 0 radical (unpaired) electrons. The van der Waals surface area contributed by atoms with Crippen LogP contribution < -0.4 is 11.1 Å². The number of carbonyl (C=O) groups excluding carboxylic acids is 1. The van der Waals surface area contributed by atoms with Crippen molar-refractivity contribution in [1.29, 1.82) is 0 Å². The Labute approximate surface area is 119 Å². The molecule has 0 bridgehead atoms. The fourth-order valence-electron chi connectivity index (χ4n) is 1.32. The normalized spacial score (nSPS) is 12.1. The van der Waals surface area contributed by atoms with Crippen molar-refractivity contribution >= 4 is 40.9 Å². The summed E-state index contributed by atoms with van der Waals surface area (Å²) >= 11 is 7.18. The summed E-state index contributed by atoms with van der Waals surface area (Å²) in [5.74, 6) is 0.0442. The Morgan fingerprint density at radius 1 is 1.53 bits per heavy atom. The van der Waals surface area contributed by atoms with E-state index in [-0.39, 0.29) is 17.1 Å². The van der Waals surface area contributed by atoms with E-state index in [4.69, 9.17) is 17.3 Å². The molecule has 0 unspecified atom stereocenters. The number of thioether (sulfide) groups is 1. The molecule has 0 aliphatic rings. The molecule has 0 aliphatic carbocycles. The van der Waals surface area contributed by atoms with Crippen LogP contribution in [0.1, 0.15) is 6.92 Å². The highest BCUT2D eigenvalue weighted by atomic mass is 35.5. The summed E-state index contributed by atoms with van der Waals surface area (Å²) in [6, 6.07) is 7.05. The van der Waals surface area contributed by atoms with Gasteiger partial charge in [0.2, 0.25) is 17.0 Å². The number of para-hydroxylation sites is 1. The van der Waals surface area contributed by atoms with Crippen LogP contribution in [-0.4, -0.2) is 26.3 Å². The number of nitrogens with one attached hydrogen (secondary N) is 2. The van der Waals surface area contributed by atoms with Crippen molar-refractivity contribution in [3.05, 3.63) is 29.3 Å². The predicted octanol–water partition coefficient (Wildman–Crippen LogP) is 2.16. The van der Waals surface area contributed by atoms with Crippen LogP contribution in [0.3, 0.4) is 0 Å². The van der Waals surface area contributed by atoms with Crippen LogP contribution >= 0.6 is 23.4 Å². The van der Waals surface area contributed by atoms with E-state index >= 15 is 0 Å². The molecule has 1 aromatic heterocycles. The SMILES string of the molecule is C[C@@H](Sc1n[nH]c(N)n1)C(=O)Nc1ccccc1Cl. The molecule has 2 rings (SSSR count). The summed E-state index contributed by atoms with van der Waals surface area (Å²) in [6.07, 6.45) is 0. The predicted molar refractivity (Wildman–Crippen MR) is 76.2 cm³/mol. The van der Waals surface area contributed by atoms with Gasteiger partial charge in [0.1, 0.15) is 0 Å². The molecule has 0 saturated carbocycles. The first-order valence-electron chi connectivity index (χ1n) is 5.46. The summed E-state index contributed by atoms with van der Waals surface area (Å²) in [4.78, 5) is 15.9. The van der Waals surface area contributed by atoms with Crippen LogP contribution in [0.15, 0.2) is 29.4 Å². The number of halogens is 1. The smallest absolute Gasteiger partial charge is 0.237 e. The Morgan fingerprint density at radius 3 is 2.89 bits per heavy atom. The molecular weight excluding hydrogens is 286 g/mol. The lowest BCUT2D eigenvalue weighted by Gasteiger charge is -2.11. The number of amides is 1. The fraction of sp³-hybridized carbons (Fsp3) is 0.182. The molecule has 1 heterocycles. The Balaban J connectivity index is 1.98. The first kappa shape index (κ1) is 13.7. The van der Waals surface area contributed by atoms with Gasteiger partial charge in [-0.3, -0.25) is 4.79 Å². The monoisotopic (exact) mass is 297 g/mol. The summed E-state index contributed by atoms with van der Waals surface area (Å²) < 4.78 is 0. The van der Waals surface area contributed by atoms with E-state index in [9.17, 15) is 4.79 Å². The summed E-state index contributed by atoms with van der Waals surface area (Å²) in [5.41, 5.74) is 5.99. The van der Waals surface area contributed by atoms with Gasteiger partial charge in [-0.15, -0.1) is 5.10 Å². The Bertz CT molecular complexity index is 588. The van der Waals surface area contributed by atoms with Crippen LogP contribution in [-0.2, 0) is 4.79 Å². The number of hydrogen-bond donors (Lipinski definition) is 3. The van der Waals surface area contributed by atoms with Crippen molar-refractivity contribution in [2.24, 2.45) is 0 Å². The Morgan fingerprint density at radius 2 is 2.26 bits per heavy atom. The maximum Gasteiger partial charge on any atom is 0.237 e. The second kappa shape index (κ2) is 5.94. The third-order valence-corrected chi connectivity index (χ3v) is 3.56. The minimum Gasteiger partial charge on any atom is -0.368 e. The zero-order valence-corrected chi connectivity index (χ0v) is 11.6. The molecule has 4 N–H and O–H groups in total. The van der Waals surface area contributed by atoms with Crippen LogP contribution in [0.5, 0.6) is 0 Å². The van der Waals surface area contributed by atoms with E-state index in [1.807, 2.05) is 0 Å². The van der Waals surface area contributed by atoms with Gasteiger partial charge in [-0.2, -0.15) is 4.98 Å². The maximum absolute atomic E-state index is 12.0. The quantitative estimate of drug-likeness (QED) is 0.751. The van der Waals surface area contributed by atoms with Gasteiger partial charge in [0.15, 0.2) is 0 Å². The fourth-order valence-corrected chi connectivity index (χ4v) is 2.23. The van der Waals surface area contributed by atoms with Crippen LogP contribution in [0.25, 0.3) is 0 Å². The number of nitrogens with two attached hydrogens (primary N) is 1. The lowest BCUT2D eigenvalue weighted by Crippen LogP contribution is -2.22. The number of anilines is 2. The van der Waals surface area contributed by atoms with Gasteiger partial charge in [-0.25, -0.2) is 5.10 Å². The second-order valence-corrected chi connectivity index (χ2v) is 5.45. The van der Waals surface area contributed by atoms with Gasteiger partial charge < -0.3 is 11.1 Å². The van der Waals surface area contributed by atoms with Crippen LogP contribution in [0.2, 0.25) is 5.02 Å². The van der Waals surface area contributed by atoms with Crippen molar-refractivity contribution in [2.45, 2.75) is 17.3 Å². The average molecular weight is 298 g/mol. The maximum atomic E-state index is 12.0. The topological polar surface area (TPSA) is 96.7 Å². The lowest BCUT2D eigenvalue weighted by molar-refractivity contribution is -0.115. The highest BCUT2D eigenvalue weighted by molar-refractivity contribution is 8.00. The minimum atomic E-state index is -0.369. The first-order valence-corrected chi connectivity index (χ1v) is 6.72. The third-order valence-electron chi connectivity index (χ3n) is 2.27. The number of H-pyrrole nitrogens is 1. The van der Waals surface area contributed by atoms with Crippen LogP contribution in [0, 0.1) is 0 Å². The summed E-state index contributed by atoms with van der Waals surface area (Å²) in [5, 5.41) is 9.68. The largest absolute Gasteiger partial charge is 0.368 e. The van der Waals surface area contributed by atoms with Gasteiger partial charge in [-0.1, -0.05) is 35.5 Å². The third kappa shape index (κ3) is 3.62. The standard InChI is InChI=1S/C11H12ClN5OS/c1-6(19-11-15-10(13)16-17-11)9(18)14-8-5-3-2-4-7(8)12/h2-6H,1H3,(H,14,18)(H3,13,15,16,17)/t6-/m1/s1. The second-order valence-electron chi connectivity index (χ2n) is 3.73. The van der Waals surface area contributed by atoms with E-state index in [1.54, 1.807) is 31.2 Å². The number of benzene rings is 1. The van der Waals surface area contributed by atoms with Gasteiger partial charge in [0.05, 0.1) is 16.0 Å². The van der Waals surface area contributed by atoms with Crippen LogP contribution in [0.4, 0.5) is 11.6 Å². The number of rotatable bonds is 4. The molecule has 6 nitrogen and oxygen atoms in total. The molecule has 2 aromatic rings. The van der Waals surface area contributed by atoms with Crippen molar-refractivity contribution in [2.75, 3.05) is 11.1 Å². The van der Waals surface area contributed by atoms with Gasteiger partial charge in [0, 0.05) is 0 Å². The number of aromatic amines is 1. The summed E-state index contributed by atoms with van der Waals surface area (Å²) in [7, 11) is 0. The minimum absolute atomic E-state index is 0.179. The number of aromatic nitrogens is 3. The van der Waals surface area contributed by atoms with Gasteiger partial charge in [0.25, 0.3) is 0 Å². The highest BCUT2D eigenvalue weighted by Gasteiger charge is 2.17. The molecule has 100 valence electrons. The Kier molecular flexibility index (Phi) is 4.28. The van der Waals surface area contributed by atoms with Crippen molar-refractivity contribution in [3.8, 4) is 0 Å². The van der Waals surface area contributed by atoms with E-state index in [0.717, 1.165) is 0 Å². The van der Waals surface area contributed by atoms with Gasteiger partial charge >= 0.3 is 0 Å². The van der Waals surface area contributed by atoms with E-state index < -0.39 is 0 Å². The van der Waals surface area contributed by atoms with Crippen molar-refractivity contribution in [3.63, 3.8) is 0 Å². The van der Waals surface area contributed by atoms with Gasteiger partial charge in [-0.05, 0) is 19.1 Å². The molecule has 1 aromatic carbocycles. The van der Waals surface area contributed by atoms with Crippen molar-refractivity contribution < 1.29 is 4.79 Å². The Hall–Kier alpha value is -1.73. The molecule has 8 heteroatoms. The number of nitrogen functional groups attached to an aromatic ring is 1. The molecule has 0 fully saturated rings. The number of hydrogen-bond acceptors (Lipinski definition) is 5. The number of nitrogens with zero attached hydrogens (tertiary/aromatic N) is 2. The molecule has 1 amide bonds. The highest BCUT2D eigenvalue weighted by Crippen LogP contribution is 2.24. The molecule has 19 heavy (non-hydrogen) atoms. The van der Waals surface area contributed by atoms with E-state index in [1.165, 1.54) is 11.8 Å². The molecule has 0 aliphatic heterocycles. The molecular formula is C11H12ClN5OS. The summed E-state index contributed by atoms with van der Waals surface area (Å²) in [6.45, 7) is 1.75. The van der Waals surface area contributed by atoms with E-state index in [0.29, 0.717) is 15.9 Å². The molecule has 0 saturated heterocycles. The zero-order chi connectivity index (χ0) is 13.8. The van der Waals surface area contributed by atoms with Crippen molar-refractivity contribution in [1.82, 2.24) is 15.2 Å². The first-order chi connectivity index (χ1) is 9.06. The van der Waals surface area contributed by atoms with E-state index in [2.05, 4.69) is 20.5 Å².